The first-order chi connectivity index (χ1) is 6.31. The Kier molecular flexibility index (Phi) is 2.04. The van der Waals surface area contributed by atoms with E-state index in [1.807, 2.05) is 10.8 Å². The molecule has 0 spiro atoms. The van der Waals surface area contributed by atoms with Gasteiger partial charge in [0.1, 0.15) is 5.82 Å². The number of ether oxygens (including phenoxy) is 1. The summed E-state index contributed by atoms with van der Waals surface area (Å²) in [7, 11) is 1.44. The van der Waals surface area contributed by atoms with E-state index in [-0.39, 0.29) is 11.9 Å². The van der Waals surface area contributed by atoms with E-state index < -0.39 is 0 Å². The van der Waals surface area contributed by atoms with Gasteiger partial charge in [-0.25, -0.2) is 4.98 Å². The lowest BCUT2D eigenvalue weighted by molar-refractivity contribution is -0.146. The van der Waals surface area contributed by atoms with E-state index in [2.05, 4.69) is 4.98 Å². The minimum absolute atomic E-state index is 0.00620. The minimum atomic E-state index is -0.112. The van der Waals surface area contributed by atoms with Crippen LogP contribution in [0.5, 0.6) is 0 Å². The van der Waals surface area contributed by atoms with Crippen molar-refractivity contribution in [3.8, 4) is 0 Å². The molecule has 0 bridgehead atoms. The minimum Gasteiger partial charge on any atom is -0.469 e. The molecule has 2 rings (SSSR count). The molecule has 2 heterocycles. The SMILES string of the molecule is COC(=O)[C@H]1CCc2nccn2C1. The second-order valence-corrected chi connectivity index (χ2v) is 3.25. The summed E-state index contributed by atoms with van der Waals surface area (Å²) in [5, 5.41) is 0. The highest BCUT2D eigenvalue weighted by Crippen LogP contribution is 2.19. The van der Waals surface area contributed by atoms with Gasteiger partial charge in [-0.05, 0) is 6.42 Å². The molecule has 13 heavy (non-hydrogen) atoms. The summed E-state index contributed by atoms with van der Waals surface area (Å²) in [6.07, 6.45) is 5.40. The van der Waals surface area contributed by atoms with Crippen LogP contribution in [0.25, 0.3) is 0 Å². The number of imidazole rings is 1. The van der Waals surface area contributed by atoms with Crippen LogP contribution in [0.2, 0.25) is 0 Å². The molecule has 1 atom stereocenters. The van der Waals surface area contributed by atoms with Crippen molar-refractivity contribution in [3.63, 3.8) is 0 Å². The number of fused-ring (bicyclic) bond motifs is 1. The fourth-order valence-electron chi connectivity index (χ4n) is 1.73. The molecular formula is C9H12N2O2. The third-order valence-corrected chi connectivity index (χ3v) is 2.47. The van der Waals surface area contributed by atoms with Gasteiger partial charge in [-0.15, -0.1) is 0 Å². The Bertz CT molecular complexity index is 319. The van der Waals surface area contributed by atoms with Gasteiger partial charge in [0, 0.05) is 25.4 Å². The monoisotopic (exact) mass is 180 g/mol. The van der Waals surface area contributed by atoms with Crippen LogP contribution in [0, 0.1) is 5.92 Å². The van der Waals surface area contributed by atoms with Gasteiger partial charge in [0.25, 0.3) is 0 Å². The summed E-state index contributed by atoms with van der Waals surface area (Å²) < 4.78 is 6.73. The van der Waals surface area contributed by atoms with Crippen molar-refractivity contribution in [1.29, 1.82) is 0 Å². The van der Waals surface area contributed by atoms with Crippen molar-refractivity contribution < 1.29 is 9.53 Å². The van der Waals surface area contributed by atoms with Crippen LogP contribution in [0.15, 0.2) is 12.4 Å². The molecule has 0 unspecified atom stereocenters. The number of methoxy groups -OCH3 is 1. The van der Waals surface area contributed by atoms with Gasteiger partial charge in [-0.3, -0.25) is 4.79 Å². The van der Waals surface area contributed by atoms with Gasteiger partial charge in [-0.2, -0.15) is 0 Å². The van der Waals surface area contributed by atoms with E-state index in [1.54, 1.807) is 6.20 Å². The summed E-state index contributed by atoms with van der Waals surface area (Å²) in [6.45, 7) is 0.710. The molecule has 4 nitrogen and oxygen atoms in total. The number of nitrogens with zero attached hydrogens (tertiary/aromatic N) is 2. The van der Waals surface area contributed by atoms with E-state index in [1.165, 1.54) is 7.11 Å². The number of rotatable bonds is 1. The van der Waals surface area contributed by atoms with Crippen LogP contribution >= 0.6 is 0 Å². The van der Waals surface area contributed by atoms with E-state index in [9.17, 15) is 4.79 Å². The molecule has 1 aromatic heterocycles. The highest BCUT2D eigenvalue weighted by Gasteiger charge is 2.25. The molecule has 0 saturated carbocycles. The first-order valence-electron chi connectivity index (χ1n) is 4.39. The fraction of sp³-hybridized carbons (Fsp3) is 0.556. The molecule has 4 heteroatoms. The summed E-state index contributed by atoms with van der Waals surface area (Å²) in [5.74, 6) is 0.964. The predicted octanol–water partition coefficient (Wildman–Crippen LogP) is 0.618. The van der Waals surface area contributed by atoms with Crippen LogP contribution in [0.1, 0.15) is 12.2 Å². The maximum absolute atomic E-state index is 11.2. The maximum atomic E-state index is 11.2. The summed E-state index contributed by atoms with van der Waals surface area (Å²) >= 11 is 0. The Morgan fingerprint density at radius 3 is 3.38 bits per heavy atom. The lowest BCUT2D eigenvalue weighted by Gasteiger charge is -2.21. The molecule has 0 aliphatic carbocycles. The van der Waals surface area contributed by atoms with Crippen LogP contribution < -0.4 is 0 Å². The summed E-state index contributed by atoms with van der Waals surface area (Å²) in [5.41, 5.74) is 0. The van der Waals surface area contributed by atoms with Gasteiger partial charge in [0.15, 0.2) is 0 Å². The first kappa shape index (κ1) is 8.29. The number of carbonyl (C=O) groups excluding carboxylic acids is 1. The Morgan fingerprint density at radius 1 is 1.77 bits per heavy atom. The van der Waals surface area contributed by atoms with Crippen molar-refractivity contribution in [2.45, 2.75) is 19.4 Å². The van der Waals surface area contributed by atoms with Gasteiger partial charge >= 0.3 is 5.97 Å². The molecule has 0 aromatic carbocycles. The van der Waals surface area contributed by atoms with Gasteiger partial charge in [0.05, 0.1) is 13.0 Å². The molecule has 0 N–H and O–H groups in total. The number of esters is 1. The van der Waals surface area contributed by atoms with Crippen molar-refractivity contribution >= 4 is 5.97 Å². The smallest absolute Gasteiger partial charge is 0.310 e. The zero-order valence-electron chi connectivity index (χ0n) is 7.56. The molecule has 0 amide bonds. The molecular weight excluding hydrogens is 168 g/mol. The Balaban J connectivity index is 2.13. The third kappa shape index (κ3) is 1.43. The highest BCUT2D eigenvalue weighted by molar-refractivity contribution is 5.72. The number of hydrogen-bond donors (Lipinski definition) is 0. The quantitative estimate of drug-likeness (QED) is 0.595. The average Bonchev–Trinajstić information content (AvgIpc) is 2.63. The van der Waals surface area contributed by atoms with Crippen molar-refractivity contribution in [3.05, 3.63) is 18.2 Å². The predicted molar refractivity (Wildman–Crippen MR) is 46.1 cm³/mol. The van der Waals surface area contributed by atoms with Crippen molar-refractivity contribution in [2.75, 3.05) is 7.11 Å². The van der Waals surface area contributed by atoms with E-state index in [4.69, 9.17) is 4.74 Å². The molecule has 0 fully saturated rings. The van der Waals surface area contributed by atoms with Gasteiger partial charge < -0.3 is 9.30 Å². The van der Waals surface area contributed by atoms with E-state index >= 15 is 0 Å². The van der Waals surface area contributed by atoms with Crippen molar-refractivity contribution in [1.82, 2.24) is 9.55 Å². The lowest BCUT2D eigenvalue weighted by atomic mass is 10.00. The molecule has 0 saturated heterocycles. The fourth-order valence-corrected chi connectivity index (χ4v) is 1.73. The molecule has 70 valence electrons. The molecule has 1 aromatic rings. The summed E-state index contributed by atoms with van der Waals surface area (Å²) in [6, 6.07) is 0. The zero-order chi connectivity index (χ0) is 9.26. The van der Waals surface area contributed by atoms with Crippen LogP contribution in [-0.2, 0) is 22.5 Å². The normalized spacial score (nSPS) is 20.8. The second kappa shape index (κ2) is 3.20. The highest BCUT2D eigenvalue weighted by atomic mass is 16.5. The Hall–Kier alpha value is -1.32. The standard InChI is InChI=1S/C9H12N2O2/c1-13-9(12)7-2-3-8-10-4-5-11(8)6-7/h4-5,7H,2-3,6H2,1H3/t7-/m0/s1. The number of aromatic nitrogens is 2. The van der Waals surface area contributed by atoms with E-state index in [0.29, 0.717) is 6.54 Å². The van der Waals surface area contributed by atoms with Crippen LogP contribution in [0.3, 0.4) is 0 Å². The third-order valence-electron chi connectivity index (χ3n) is 2.47. The number of aryl methyl sites for hydroxylation is 1. The van der Waals surface area contributed by atoms with Crippen molar-refractivity contribution in [2.24, 2.45) is 5.92 Å². The Morgan fingerprint density at radius 2 is 2.62 bits per heavy atom. The lowest BCUT2D eigenvalue weighted by Crippen LogP contribution is -2.27. The molecule has 1 aliphatic rings. The summed E-state index contributed by atoms with van der Waals surface area (Å²) in [4.78, 5) is 15.4. The molecule has 1 aliphatic heterocycles. The number of hydrogen-bond acceptors (Lipinski definition) is 3. The number of carbonyl (C=O) groups is 1. The molecule has 0 radical (unpaired) electrons. The van der Waals surface area contributed by atoms with E-state index in [0.717, 1.165) is 18.7 Å². The first-order valence-corrected chi connectivity index (χ1v) is 4.39. The van der Waals surface area contributed by atoms with Crippen LogP contribution in [0.4, 0.5) is 0 Å². The topological polar surface area (TPSA) is 44.1 Å². The average molecular weight is 180 g/mol. The largest absolute Gasteiger partial charge is 0.469 e. The Labute approximate surface area is 76.5 Å². The maximum Gasteiger partial charge on any atom is 0.310 e. The van der Waals surface area contributed by atoms with Gasteiger partial charge in [0.2, 0.25) is 0 Å². The zero-order valence-corrected chi connectivity index (χ0v) is 7.56. The van der Waals surface area contributed by atoms with Crippen LogP contribution in [-0.4, -0.2) is 22.6 Å². The second-order valence-electron chi connectivity index (χ2n) is 3.25. The van der Waals surface area contributed by atoms with Gasteiger partial charge in [-0.1, -0.05) is 0 Å².